The summed E-state index contributed by atoms with van der Waals surface area (Å²) < 4.78 is 11.0. The first-order valence-corrected chi connectivity index (χ1v) is 6.03. The average Bonchev–Trinajstić information content (AvgIpc) is 2.93. The van der Waals surface area contributed by atoms with Gasteiger partial charge in [-0.15, -0.1) is 0 Å². The van der Waals surface area contributed by atoms with Gasteiger partial charge >= 0.3 is 0 Å². The van der Waals surface area contributed by atoms with Crippen LogP contribution in [0, 0.1) is 0 Å². The van der Waals surface area contributed by atoms with Crippen LogP contribution in [0.4, 0.5) is 0 Å². The molecule has 3 heterocycles. The Labute approximate surface area is 90.1 Å². The fourth-order valence-electron chi connectivity index (χ4n) is 2.37. The van der Waals surface area contributed by atoms with Gasteiger partial charge in [-0.1, -0.05) is 21.1 Å². The van der Waals surface area contributed by atoms with Crippen LogP contribution in [0.25, 0.3) is 0 Å². The molecule has 3 unspecified atom stereocenters. The molecule has 2 aliphatic rings. The molecule has 14 heavy (non-hydrogen) atoms. The van der Waals surface area contributed by atoms with Crippen molar-refractivity contribution in [1.82, 2.24) is 10.1 Å². The molecule has 0 spiro atoms. The van der Waals surface area contributed by atoms with Crippen molar-refractivity contribution in [3.63, 3.8) is 0 Å². The lowest BCUT2D eigenvalue weighted by Gasteiger charge is -2.13. The van der Waals surface area contributed by atoms with Gasteiger partial charge in [-0.25, -0.2) is 0 Å². The van der Waals surface area contributed by atoms with E-state index in [4.69, 9.17) is 9.26 Å². The summed E-state index contributed by atoms with van der Waals surface area (Å²) in [6.07, 6.45) is 4.14. The molecule has 2 aliphatic heterocycles. The highest BCUT2D eigenvalue weighted by Crippen LogP contribution is 2.43. The molecule has 1 aromatic rings. The number of rotatable bonds is 2. The molecule has 0 aliphatic carbocycles. The number of alkyl halides is 1. The first-order chi connectivity index (χ1) is 6.86. The van der Waals surface area contributed by atoms with Crippen molar-refractivity contribution in [1.29, 1.82) is 0 Å². The number of ether oxygens (including phenoxy) is 1. The SMILES string of the molecule is BrCc1noc(C2CC3CCC2O3)n1. The standard InChI is InChI=1S/C9H11BrN2O2/c10-4-8-11-9(14-12-8)6-3-5-1-2-7(6)13-5/h5-7H,1-4H2. The van der Waals surface area contributed by atoms with E-state index in [1.165, 1.54) is 6.42 Å². The first kappa shape index (κ1) is 8.85. The van der Waals surface area contributed by atoms with Gasteiger partial charge < -0.3 is 9.26 Å². The summed E-state index contributed by atoms with van der Waals surface area (Å²) in [7, 11) is 0. The lowest BCUT2D eigenvalue weighted by atomic mass is 9.89. The number of hydrogen-bond acceptors (Lipinski definition) is 4. The van der Waals surface area contributed by atoms with Crippen molar-refractivity contribution in [3.8, 4) is 0 Å². The van der Waals surface area contributed by atoms with Crippen LogP contribution < -0.4 is 0 Å². The predicted molar refractivity (Wildman–Crippen MR) is 52.2 cm³/mol. The van der Waals surface area contributed by atoms with Gasteiger partial charge in [-0.05, 0) is 19.3 Å². The minimum absolute atomic E-state index is 0.323. The van der Waals surface area contributed by atoms with Crippen molar-refractivity contribution in [3.05, 3.63) is 11.7 Å². The normalized spacial score (nSPS) is 35.4. The summed E-state index contributed by atoms with van der Waals surface area (Å²) in [5, 5.41) is 4.53. The highest BCUT2D eigenvalue weighted by atomic mass is 79.9. The molecule has 0 aromatic carbocycles. The number of hydrogen-bond donors (Lipinski definition) is 0. The molecule has 4 nitrogen and oxygen atoms in total. The van der Waals surface area contributed by atoms with Gasteiger partial charge in [-0.3, -0.25) is 0 Å². The zero-order valence-corrected chi connectivity index (χ0v) is 9.24. The molecular formula is C9H11BrN2O2. The van der Waals surface area contributed by atoms with Gasteiger partial charge in [0.1, 0.15) is 0 Å². The molecule has 0 saturated carbocycles. The maximum Gasteiger partial charge on any atom is 0.232 e. The molecule has 76 valence electrons. The molecule has 5 heteroatoms. The Hall–Kier alpha value is -0.420. The van der Waals surface area contributed by atoms with Crippen LogP contribution in [0.1, 0.15) is 36.9 Å². The number of fused-ring (bicyclic) bond motifs is 2. The third kappa shape index (κ3) is 1.30. The topological polar surface area (TPSA) is 48.2 Å². The van der Waals surface area contributed by atoms with Crippen LogP contribution in [-0.4, -0.2) is 22.3 Å². The van der Waals surface area contributed by atoms with Gasteiger partial charge in [0, 0.05) is 0 Å². The largest absolute Gasteiger partial charge is 0.374 e. The Morgan fingerprint density at radius 2 is 2.36 bits per heavy atom. The smallest absolute Gasteiger partial charge is 0.232 e. The van der Waals surface area contributed by atoms with Gasteiger partial charge in [0.2, 0.25) is 5.89 Å². The molecule has 2 fully saturated rings. The van der Waals surface area contributed by atoms with E-state index in [0.29, 0.717) is 23.5 Å². The lowest BCUT2D eigenvalue weighted by molar-refractivity contribution is 0.0974. The quantitative estimate of drug-likeness (QED) is 0.762. The summed E-state index contributed by atoms with van der Waals surface area (Å²) in [5.41, 5.74) is 0. The molecule has 0 radical (unpaired) electrons. The highest BCUT2D eigenvalue weighted by Gasteiger charge is 2.44. The third-order valence-corrected chi connectivity index (χ3v) is 3.53. The fourth-order valence-corrected chi connectivity index (χ4v) is 2.60. The third-order valence-electron chi connectivity index (χ3n) is 3.03. The monoisotopic (exact) mass is 258 g/mol. The van der Waals surface area contributed by atoms with Crippen molar-refractivity contribution in [2.45, 2.75) is 42.7 Å². The predicted octanol–water partition coefficient (Wildman–Crippen LogP) is 2.00. The van der Waals surface area contributed by atoms with E-state index in [-0.39, 0.29) is 0 Å². The van der Waals surface area contributed by atoms with Gasteiger partial charge in [0.15, 0.2) is 5.82 Å². The number of halogens is 1. The summed E-state index contributed by atoms with van der Waals surface area (Å²) in [5.74, 6) is 1.82. The van der Waals surface area contributed by atoms with Gasteiger partial charge in [0.25, 0.3) is 0 Å². The lowest BCUT2D eigenvalue weighted by Crippen LogP contribution is -2.14. The van der Waals surface area contributed by atoms with E-state index in [1.807, 2.05) is 0 Å². The fraction of sp³-hybridized carbons (Fsp3) is 0.778. The summed E-state index contributed by atoms with van der Waals surface area (Å²) in [6.45, 7) is 0. The molecule has 2 saturated heterocycles. The van der Waals surface area contributed by atoms with Crippen LogP contribution >= 0.6 is 15.9 Å². The molecule has 0 amide bonds. The van der Waals surface area contributed by atoms with E-state index >= 15 is 0 Å². The highest BCUT2D eigenvalue weighted by molar-refractivity contribution is 9.08. The Kier molecular flexibility index (Phi) is 2.09. The zero-order valence-electron chi connectivity index (χ0n) is 7.65. The van der Waals surface area contributed by atoms with Crippen molar-refractivity contribution < 1.29 is 9.26 Å². The first-order valence-electron chi connectivity index (χ1n) is 4.90. The Morgan fingerprint density at radius 3 is 2.93 bits per heavy atom. The molecule has 3 rings (SSSR count). The van der Waals surface area contributed by atoms with E-state index < -0.39 is 0 Å². The Morgan fingerprint density at radius 1 is 1.43 bits per heavy atom. The van der Waals surface area contributed by atoms with E-state index in [0.717, 1.165) is 24.6 Å². The summed E-state index contributed by atoms with van der Waals surface area (Å²) in [4.78, 5) is 4.32. The average molecular weight is 259 g/mol. The van der Waals surface area contributed by atoms with Crippen molar-refractivity contribution >= 4 is 15.9 Å². The summed E-state index contributed by atoms with van der Waals surface area (Å²) in [6, 6.07) is 0. The van der Waals surface area contributed by atoms with Crippen LogP contribution in [0.15, 0.2) is 4.52 Å². The van der Waals surface area contributed by atoms with Gasteiger partial charge in [0.05, 0.1) is 23.5 Å². The maximum atomic E-state index is 5.74. The second-order valence-electron chi connectivity index (χ2n) is 3.90. The maximum absolute atomic E-state index is 5.74. The van der Waals surface area contributed by atoms with E-state index in [9.17, 15) is 0 Å². The molecule has 2 bridgehead atoms. The van der Waals surface area contributed by atoms with Gasteiger partial charge in [-0.2, -0.15) is 4.98 Å². The van der Waals surface area contributed by atoms with E-state index in [2.05, 4.69) is 26.1 Å². The second kappa shape index (κ2) is 3.31. The van der Waals surface area contributed by atoms with Crippen LogP contribution in [0.3, 0.4) is 0 Å². The van der Waals surface area contributed by atoms with Crippen molar-refractivity contribution in [2.75, 3.05) is 0 Å². The van der Waals surface area contributed by atoms with Crippen LogP contribution in [-0.2, 0) is 10.1 Å². The van der Waals surface area contributed by atoms with Crippen LogP contribution in [0.2, 0.25) is 0 Å². The Balaban J connectivity index is 1.82. The minimum Gasteiger partial charge on any atom is -0.374 e. The van der Waals surface area contributed by atoms with Crippen LogP contribution in [0.5, 0.6) is 0 Å². The molecule has 0 N–H and O–H groups in total. The second-order valence-corrected chi connectivity index (χ2v) is 4.46. The Bertz CT molecular complexity index is 341. The minimum atomic E-state index is 0.323. The zero-order chi connectivity index (χ0) is 9.54. The molecule has 3 atom stereocenters. The number of aromatic nitrogens is 2. The molecular weight excluding hydrogens is 248 g/mol. The van der Waals surface area contributed by atoms with Crippen molar-refractivity contribution in [2.24, 2.45) is 0 Å². The summed E-state index contributed by atoms with van der Waals surface area (Å²) >= 11 is 3.30. The van der Waals surface area contributed by atoms with E-state index in [1.54, 1.807) is 0 Å². The molecule has 1 aromatic heterocycles. The number of nitrogens with zero attached hydrogens (tertiary/aromatic N) is 2.